The van der Waals surface area contributed by atoms with Crippen molar-refractivity contribution in [3.63, 3.8) is 0 Å². The van der Waals surface area contributed by atoms with Gasteiger partial charge in [0, 0.05) is 48.7 Å². The summed E-state index contributed by atoms with van der Waals surface area (Å²) in [5.74, 6) is 0.452. The van der Waals surface area contributed by atoms with Crippen LogP contribution in [0, 0.1) is 5.92 Å². The normalized spacial score (nSPS) is 15.8. The van der Waals surface area contributed by atoms with E-state index in [0.717, 1.165) is 53.7 Å². The molecule has 5 rings (SSSR count). The molecule has 0 aromatic carbocycles. The third kappa shape index (κ3) is 2.59. The average molecular weight is 350 g/mol. The summed E-state index contributed by atoms with van der Waals surface area (Å²) in [5, 5.41) is 7.79. The molecule has 0 amide bonds. The monoisotopic (exact) mass is 350 g/mol. The topological polar surface area (TPSA) is 101 Å². The number of ether oxygens (including phenoxy) is 1. The van der Waals surface area contributed by atoms with Crippen molar-refractivity contribution in [1.82, 2.24) is 29.7 Å². The minimum Gasteiger partial charge on any atom is -0.381 e. The van der Waals surface area contributed by atoms with Crippen molar-refractivity contribution in [3.05, 3.63) is 41.2 Å². The lowest BCUT2D eigenvalue weighted by molar-refractivity contribution is 0.0613. The predicted molar refractivity (Wildman–Crippen MR) is 96.8 cm³/mol. The SMILES string of the molecule is O=c1[nH]c2ncc(-c3cnc4[nH]ncc4c3)cc2n1CC1CCOCC1. The van der Waals surface area contributed by atoms with E-state index < -0.39 is 0 Å². The van der Waals surface area contributed by atoms with Gasteiger partial charge in [-0.15, -0.1) is 0 Å². The largest absolute Gasteiger partial charge is 0.381 e. The predicted octanol–water partition coefficient (Wildman–Crippen LogP) is 2.09. The lowest BCUT2D eigenvalue weighted by atomic mass is 10.0. The fourth-order valence-corrected chi connectivity index (χ4v) is 3.55. The quantitative estimate of drug-likeness (QED) is 0.589. The lowest BCUT2D eigenvalue weighted by Crippen LogP contribution is -2.25. The van der Waals surface area contributed by atoms with Gasteiger partial charge in [-0.3, -0.25) is 14.6 Å². The number of hydrogen-bond donors (Lipinski definition) is 2. The van der Waals surface area contributed by atoms with E-state index in [9.17, 15) is 4.79 Å². The molecule has 0 unspecified atom stereocenters. The van der Waals surface area contributed by atoms with E-state index in [0.29, 0.717) is 18.1 Å². The van der Waals surface area contributed by atoms with Crippen LogP contribution < -0.4 is 5.69 Å². The van der Waals surface area contributed by atoms with E-state index in [-0.39, 0.29) is 5.69 Å². The number of nitrogens with zero attached hydrogens (tertiary/aromatic N) is 4. The van der Waals surface area contributed by atoms with E-state index in [1.54, 1.807) is 23.2 Å². The van der Waals surface area contributed by atoms with Crippen molar-refractivity contribution >= 4 is 22.2 Å². The third-order valence-corrected chi connectivity index (χ3v) is 5.04. The summed E-state index contributed by atoms with van der Waals surface area (Å²) in [4.78, 5) is 24.1. The van der Waals surface area contributed by atoms with Gasteiger partial charge in [0.1, 0.15) is 0 Å². The van der Waals surface area contributed by atoms with Gasteiger partial charge < -0.3 is 4.74 Å². The van der Waals surface area contributed by atoms with Gasteiger partial charge in [0.15, 0.2) is 11.3 Å². The number of aromatic amines is 2. The molecular formula is C18H18N6O2. The third-order valence-electron chi connectivity index (χ3n) is 5.04. The molecule has 0 radical (unpaired) electrons. The number of hydrogen-bond acceptors (Lipinski definition) is 5. The fraction of sp³-hybridized carbons (Fsp3) is 0.333. The summed E-state index contributed by atoms with van der Waals surface area (Å²) < 4.78 is 7.22. The number of nitrogens with one attached hydrogen (secondary N) is 2. The molecular weight excluding hydrogens is 332 g/mol. The maximum Gasteiger partial charge on any atom is 0.327 e. The van der Waals surface area contributed by atoms with Gasteiger partial charge >= 0.3 is 5.69 Å². The lowest BCUT2D eigenvalue weighted by Gasteiger charge is -2.22. The Balaban J connectivity index is 1.57. The number of fused-ring (bicyclic) bond motifs is 2. The average Bonchev–Trinajstić information content (AvgIpc) is 3.26. The number of imidazole rings is 1. The minimum absolute atomic E-state index is 0.112. The molecule has 0 atom stereocenters. The molecule has 8 heteroatoms. The highest BCUT2D eigenvalue weighted by Crippen LogP contribution is 2.25. The Morgan fingerprint density at radius 1 is 1.08 bits per heavy atom. The second kappa shape index (κ2) is 6.06. The van der Waals surface area contributed by atoms with Crippen LogP contribution in [-0.2, 0) is 11.3 Å². The molecule has 4 aromatic rings. The van der Waals surface area contributed by atoms with Crippen LogP contribution in [0.1, 0.15) is 12.8 Å². The molecule has 8 nitrogen and oxygen atoms in total. The van der Waals surface area contributed by atoms with Gasteiger partial charge in [0.2, 0.25) is 0 Å². The van der Waals surface area contributed by atoms with Crippen molar-refractivity contribution < 1.29 is 4.74 Å². The Morgan fingerprint density at radius 2 is 1.85 bits per heavy atom. The number of pyridine rings is 2. The highest BCUT2D eigenvalue weighted by atomic mass is 16.5. The Labute approximate surface area is 148 Å². The summed E-state index contributed by atoms with van der Waals surface area (Å²) in [6.45, 7) is 2.22. The van der Waals surface area contributed by atoms with E-state index in [4.69, 9.17) is 4.74 Å². The fourth-order valence-electron chi connectivity index (χ4n) is 3.55. The molecule has 26 heavy (non-hydrogen) atoms. The Bertz CT molecular complexity index is 1140. The van der Waals surface area contributed by atoms with E-state index in [1.807, 2.05) is 12.1 Å². The van der Waals surface area contributed by atoms with Gasteiger partial charge in [-0.2, -0.15) is 5.10 Å². The van der Waals surface area contributed by atoms with Crippen LogP contribution in [0.25, 0.3) is 33.3 Å². The zero-order valence-electron chi connectivity index (χ0n) is 14.1. The zero-order chi connectivity index (χ0) is 17.5. The van der Waals surface area contributed by atoms with Crippen LogP contribution in [-0.4, -0.2) is 42.9 Å². The summed E-state index contributed by atoms with van der Waals surface area (Å²) in [5.41, 5.74) is 3.95. The molecule has 132 valence electrons. The van der Waals surface area contributed by atoms with Crippen LogP contribution >= 0.6 is 0 Å². The molecule has 0 bridgehead atoms. The smallest absolute Gasteiger partial charge is 0.327 e. The molecule has 0 saturated carbocycles. The first-order chi connectivity index (χ1) is 12.8. The van der Waals surface area contributed by atoms with Crippen LogP contribution in [0.2, 0.25) is 0 Å². The summed E-state index contributed by atoms with van der Waals surface area (Å²) >= 11 is 0. The molecule has 1 saturated heterocycles. The Hall–Kier alpha value is -3.00. The van der Waals surface area contributed by atoms with Gasteiger partial charge in [-0.05, 0) is 30.9 Å². The molecule has 1 fully saturated rings. The molecule has 5 heterocycles. The molecule has 2 N–H and O–H groups in total. The maximum atomic E-state index is 12.4. The van der Waals surface area contributed by atoms with Gasteiger partial charge in [0.05, 0.1) is 11.7 Å². The van der Waals surface area contributed by atoms with Crippen LogP contribution in [0.4, 0.5) is 0 Å². The second-order valence-corrected chi connectivity index (χ2v) is 6.72. The standard InChI is InChI=1S/C18H18N6O2/c25-18-22-17-15(24(18)10-11-1-3-26-4-2-11)6-13(8-20-17)12-5-14-9-21-23-16(14)19-7-12/h5-9,11H,1-4,10H2,(H,19,21,23)(H,20,22,25). The number of aromatic nitrogens is 6. The minimum atomic E-state index is -0.112. The van der Waals surface area contributed by atoms with Crippen LogP contribution in [0.3, 0.4) is 0 Å². The summed E-state index contributed by atoms with van der Waals surface area (Å²) in [6, 6.07) is 4.02. The van der Waals surface area contributed by atoms with Gasteiger partial charge in [0.25, 0.3) is 0 Å². The first-order valence-corrected chi connectivity index (χ1v) is 8.74. The first-order valence-electron chi connectivity index (χ1n) is 8.74. The molecule has 0 spiro atoms. The molecule has 4 aromatic heterocycles. The van der Waals surface area contributed by atoms with Gasteiger partial charge in [-0.1, -0.05) is 0 Å². The summed E-state index contributed by atoms with van der Waals surface area (Å²) in [6.07, 6.45) is 7.26. The second-order valence-electron chi connectivity index (χ2n) is 6.72. The summed E-state index contributed by atoms with van der Waals surface area (Å²) in [7, 11) is 0. The van der Waals surface area contributed by atoms with Gasteiger partial charge in [-0.25, -0.2) is 14.8 Å². The molecule has 1 aliphatic heterocycles. The van der Waals surface area contributed by atoms with E-state index >= 15 is 0 Å². The van der Waals surface area contributed by atoms with Crippen molar-refractivity contribution in [2.45, 2.75) is 19.4 Å². The van der Waals surface area contributed by atoms with Crippen LogP contribution in [0.15, 0.2) is 35.5 Å². The molecule has 1 aliphatic rings. The Kier molecular flexibility index (Phi) is 3.56. The van der Waals surface area contributed by atoms with E-state index in [2.05, 4.69) is 25.1 Å². The number of H-pyrrole nitrogens is 2. The van der Waals surface area contributed by atoms with Crippen molar-refractivity contribution in [2.75, 3.05) is 13.2 Å². The van der Waals surface area contributed by atoms with E-state index in [1.165, 1.54) is 0 Å². The molecule has 0 aliphatic carbocycles. The maximum absolute atomic E-state index is 12.4. The Morgan fingerprint density at radius 3 is 2.69 bits per heavy atom. The first kappa shape index (κ1) is 15.3. The highest BCUT2D eigenvalue weighted by molar-refractivity contribution is 5.83. The number of rotatable bonds is 3. The van der Waals surface area contributed by atoms with Crippen LogP contribution in [0.5, 0.6) is 0 Å². The van der Waals surface area contributed by atoms with Crippen molar-refractivity contribution in [3.8, 4) is 11.1 Å². The zero-order valence-corrected chi connectivity index (χ0v) is 14.1. The van der Waals surface area contributed by atoms with Crippen molar-refractivity contribution in [1.29, 1.82) is 0 Å². The van der Waals surface area contributed by atoms with Crippen molar-refractivity contribution in [2.24, 2.45) is 5.92 Å². The highest BCUT2D eigenvalue weighted by Gasteiger charge is 2.18.